The first kappa shape index (κ1) is 29.6. The number of nitrogens with zero attached hydrogens (tertiary/aromatic N) is 4. The predicted molar refractivity (Wildman–Crippen MR) is 153 cm³/mol. The normalized spacial score (nSPS) is 17.5. The van der Waals surface area contributed by atoms with Crippen LogP contribution in [-0.2, 0) is 15.8 Å². The lowest BCUT2D eigenvalue weighted by molar-refractivity contribution is 0.221. The molecule has 1 saturated carbocycles. The zero-order chi connectivity index (χ0) is 30.2. The lowest BCUT2D eigenvalue weighted by Crippen LogP contribution is -2.36. The monoisotopic (exact) mass is 602 g/mol. The van der Waals surface area contributed by atoms with E-state index in [1.807, 2.05) is 0 Å². The Balaban J connectivity index is 1.37. The van der Waals surface area contributed by atoms with Gasteiger partial charge < -0.3 is 10.2 Å². The van der Waals surface area contributed by atoms with Crippen LogP contribution in [0.3, 0.4) is 0 Å². The van der Waals surface area contributed by atoms with Crippen LogP contribution >= 0.6 is 0 Å². The van der Waals surface area contributed by atoms with Crippen molar-refractivity contribution in [1.29, 1.82) is 0 Å². The van der Waals surface area contributed by atoms with Gasteiger partial charge in [-0.3, -0.25) is 4.72 Å². The van der Waals surface area contributed by atoms with Crippen LogP contribution in [0.15, 0.2) is 42.6 Å². The number of fused-ring (bicyclic) bond motifs is 1. The van der Waals surface area contributed by atoms with Crippen LogP contribution in [0.1, 0.15) is 36.8 Å². The molecule has 222 valence electrons. The number of halogens is 4. The van der Waals surface area contributed by atoms with Gasteiger partial charge in [0, 0.05) is 17.6 Å². The summed E-state index contributed by atoms with van der Waals surface area (Å²) in [4.78, 5) is 15.5. The molecule has 1 fully saturated rings. The molecule has 0 bridgehead atoms. The number of anilines is 2. The first-order valence-corrected chi connectivity index (χ1v) is 15.1. The molecule has 4 aromatic rings. The van der Waals surface area contributed by atoms with E-state index in [9.17, 15) is 12.8 Å². The first-order chi connectivity index (χ1) is 19.9. The minimum absolute atomic E-state index is 0.0673. The highest BCUT2D eigenvalue weighted by Crippen LogP contribution is 2.33. The molecule has 42 heavy (non-hydrogen) atoms. The molecular weight excluding hydrogens is 572 g/mol. The van der Waals surface area contributed by atoms with Gasteiger partial charge in [0.2, 0.25) is 16.0 Å². The Bertz CT molecular complexity index is 1730. The fourth-order valence-corrected chi connectivity index (χ4v) is 6.38. The fraction of sp³-hybridized carbons (Fsp3) is 0.345. The van der Waals surface area contributed by atoms with Gasteiger partial charge in [-0.2, -0.15) is 0 Å². The number of rotatable bonds is 8. The summed E-state index contributed by atoms with van der Waals surface area (Å²) in [7, 11) is -0.195. The van der Waals surface area contributed by atoms with Gasteiger partial charge in [-0.15, -0.1) is 0 Å². The van der Waals surface area contributed by atoms with E-state index in [2.05, 4.69) is 39.3 Å². The Morgan fingerprint density at radius 3 is 2.31 bits per heavy atom. The lowest BCUT2D eigenvalue weighted by Gasteiger charge is -2.32. The highest BCUT2D eigenvalue weighted by atomic mass is 32.2. The summed E-state index contributed by atoms with van der Waals surface area (Å²) in [6.45, 7) is 1.72. The maximum Gasteiger partial charge on any atom is 0.237 e. The molecule has 2 N–H and O–H groups in total. The van der Waals surface area contributed by atoms with Crippen LogP contribution < -0.4 is 10.0 Å². The largest absolute Gasteiger partial charge is 0.351 e. The molecule has 0 atom stereocenters. The molecular formula is C29H30F4N6O2S. The molecule has 2 heterocycles. The average Bonchev–Trinajstić information content (AvgIpc) is 2.95. The number of sulfonamides is 1. The van der Waals surface area contributed by atoms with Crippen molar-refractivity contribution in [2.75, 3.05) is 24.1 Å². The molecule has 2 aromatic carbocycles. The molecule has 13 heteroatoms. The van der Waals surface area contributed by atoms with Crippen LogP contribution in [0.4, 0.5) is 29.2 Å². The van der Waals surface area contributed by atoms with Crippen molar-refractivity contribution >= 4 is 32.7 Å². The van der Waals surface area contributed by atoms with Crippen LogP contribution in [0.2, 0.25) is 0 Å². The van der Waals surface area contributed by atoms with Gasteiger partial charge in [0.25, 0.3) is 0 Å². The molecule has 0 amide bonds. The van der Waals surface area contributed by atoms with E-state index in [1.165, 1.54) is 24.4 Å². The van der Waals surface area contributed by atoms with Gasteiger partial charge in [0.05, 0.1) is 23.2 Å². The Labute approximate surface area is 241 Å². The van der Waals surface area contributed by atoms with Crippen molar-refractivity contribution in [2.45, 2.75) is 50.4 Å². The summed E-state index contributed by atoms with van der Waals surface area (Å²) in [6, 6.07) is 7.47. The van der Waals surface area contributed by atoms with E-state index in [0.29, 0.717) is 34.7 Å². The SMILES string of the molecule is Cc1cc(-c2cc(F)c(NS(=O)(=O)Cc3ccc(F)cc3)c(F)c2F)nc2cnc(N[C@H]3CC[C@H](N(C)C)CC3)nc12. The zero-order valence-electron chi connectivity index (χ0n) is 23.3. The van der Waals surface area contributed by atoms with Gasteiger partial charge >= 0.3 is 0 Å². The van der Waals surface area contributed by atoms with E-state index in [-0.39, 0.29) is 17.3 Å². The van der Waals surface area contributed by atoms with Crippen molar-refractivity contribution in [3.05, 3.63) is 77.0 Å². The summed E-state index contributed by atoms with van der Waals surface area (Å²) in [5.74, 6) is -5.35. The second kappa shape index (κ2) is 11.8. The van der Waals surface area contributed by atoms with Crippen LogP contribution in [0.25, 0.3) is 22.3 Å². The summed E-state index contributed by atoms with van der Waals surface area (Å²) >= 11 is 0. The second-order valence-corrected chi connectivity index (χ2v) is 12.5. The molecule has 8 nitrogen and oxygen atoms in total. The van der Waals surface area contributed by atoms with E-state index >= 15 is 13.2 Å². The third kappa shape index (κ3) is 6.46. The summed E-state index contributed by atoms with van der Waals surface area (Å²) in [6.07, 6.45) is 5.56. The summed E-state index contributed by atoms with van der Waals surface area (Å²) in [5, 5.41) is 3.37. The lowest BCUT2D eigenvalue weighted by atomic mass is 9.91. The molecule has 0 unspecified atom stereocenters. The summed E-state index contributed by atoms with van der Waals surface area (Å²) in [5.41, 5.74) is -0.148. The van der Waals surface area contributed by atoms with Crippen molar-refractivity contribution in [3.8, 4) is 11.3 Å². The van der Waals surface area contributed by atoms with Gasteiger partial charge in [-0.1, -0.05) is 12.1 Å². The summed E-state index contributed by atoms with van der Waals surface area (Å²) < 4.78 is 85.2. The van der Waals surface area contributed by atoms with Gasteiger partial charge in [0.15, 0.2) is 17.5 Å². The third-order valence-corrected chi connectivity index (χ3v) is 8.69. The van der Waals surface area contributed by atoms with Crippen molar-refractivity contribution in [3.63, 3.8) is 0 Å². The quantitative estimate of drug-likeness (QED) is 0.195. The molecule has 0 aliphatic heterocycles. The van der Waals surface area contributed by atoms with Crippen LogP contribution in [0.5, 0.6) is 0 Å². The van der Waals surface area contributed by atoms with Crippen LogP contribution in [0, 0.1) is 30.2 Å². The molecule has 2 aromatic heterocycles. The third-order valence-electron chi connectivity index (χ3n) is 7.46. The Kier molecular flexibility index (Phi) is 8.33. The molecule has 0 radical (unpaired) electrons. The number of benzene rings is 2. The minimum Gasteiger partial charge on any atom is -0.351 e. The number of nitrogens with one attached hydrogen (secondary N) is 2. The number of hydrogen-bond donors (Lipinski definition) is 2. The second-order valence-electron chi connectivity index (χ2n) is 10.8. The molecule has 1 aliphatic rings. The van der Waals surface area contributed by atoms with E-state index in [4.69, 9.17) is 0 Å². The fourth-order valence-electron chi connectivity index (χ4n) is 5.18. The maximum absolute atomic E-state index is 15.2. The van der Waals surface area contributed by atoms with Crippen LogP contribution in [-0.4, -0.2) is 54.4 Å². The minimum atomic E-state index is -4.36. The topological polar surface area (TPSA) is 100 Å². The van der Waals surface area contributed by atoms with Gasteiger partial charge in [-0.25, -0.2) is 40.9 Å². The molecule has 0 spiro atoms. The van der Waals surface area contributed by atoms with E-state index in [1.54, 1.807) is 11.6 Å². The maximum atomic E-state index is 15.2. The molecule has 0 saturated heterocycles. The smallest absolute Gasteiger partial charge is 0.237 e. The molecule has 1 aliphatic carbocycles. The first-order valence-electron chi connectivity index (χ1n) is 13.4. The van der Waals surface area contributed by atoms with E-state index in [0.717, 1.165) is 37.8 Å². The number of aryl methyl sites for hydroxylation is 1. The average molecular weight is 603 g/mol. The highest BCUT2D eigenvalue weighted by Gasteiger charge is 2.26. The Morgan fingerprint density at radius 2 is 1.64 bits per heavy atom. The number of aromatic nitrogens is 3. The van der Waals surface area contributed by atoms with E-state index < -0.39 is 50.3 Å². The van der Waals surface area contributed by atoms with Gasteiger partial charge in [-0.05, 0) is 82.1 Å². The van der Waals surface area contributed by atoms with Gasteiger partial charge in [0.1, 0.15) is 17.0 Å². The van der Waals surface area contributed by atoms with Crippen molar-refractivity contribution < 1.29 is 26.0 Å². The Hall–Kier alpha value is -3.84. The van der Waals surface area contributed by atoms with Crippen molar-refractivity contribution in [2.24, 2.45) is 0 Å². The predicted octanol–water partition coefficient (Wildman–Crippen LogP) is 5.78. The number of hydrogen-bond acceptors (Lipinski definition) is 7. The highest BCUT2D eigenvalue weighted by molar-refractivity contribution is 7.91. The Morgan fingerprint density at radius 1 is 0.952 bits per heavy atom. The molecule has 5 rings (SSSR count). The standard InChI is InChI=1S/C29H30F4N6O2S/c1-16-12-23(36-24-14-34-29(37-27(16)24)35-19-8-10-20(11-9-19)39(2)3)21-13-22(31)28(26(33)25(21)32)38-42(40,41)15-17-4-6-18(30)7-5-17/h4-7,12-14,19-20,38H,8-11,15H2,1-3H3,(H,34,35,37)/t19-,20-. The number of pyridine rings is 1. The zero-order valence-corrected chi connectivity index (χ0v) is 24.1. The van der Waals surface area contributed by atoms with Crippen molar-refractivity contribution in [1.82, 2.24) is 19.9 Å².